The molecule has 1 saturated heterocycles. The second-order valence-electron chi connectivity index (χ2n) is 3.53. The molecule has 17 heavy (non-hydrogen) atoms. The maximum absolute atomic E-state index is 12.1. The van der Waals surface area contributed by atoms with Crippen molar-refractivity contribution in [3.63, 3.8) is 0 Å². The monoisotopic (exact) mass is 298 g/mol. The standard InChI is InChI=1S/C11H11BrN2O3/c1-17-7-2-3-9(12)8(6-7)10(15)14-5-4-13-11(14)16/h2-3,6H,4-5H2,1H3,(H,13,16). The van der Waals surface area contributed by atoms with Gasteiger partial charge in [-0.2, -0.15) is 0 Å². The van der Waals surface area contributed by atoms with Crippen LogP contribution in [0.4, 0.5) is 4.79 Å². The average molecular weight is 299 g/mol. The lowest BCUT2D eigenvalue weighted by Gasteiger charge is -2.13. The molecule has 1 aliphatic heterocycles. The van der Waals surface area contributed by atoms with Crippen LogP contribution in [-0.2, 0) is 0 Å². The number of carbonyl (C=O) groups is 2. The summed E-state index contributed by atoms with van der Waals surface area (Å²) >= 11 is 3.29. The molecule has 0 spiro atoms. The van der Waals surface area contributed by atoms with Gasteiger partial charge in [-0.25, -0.2) is 4.79 Å². The molecule has 5 nitrogen and oxygen atoms in total. The lowest BCUT2D eigenvalue weighted by Crippen LogP contribution is -2.34. The van der Waals surface area contributed by atoms with Crippen LogP contribution in [0.1, 0.15) is 10.4 Å². The molecule has 2 rings (SSSR count). The van der Waals surface area contributed by atoms with Crippen LogP contribution in [0.3, 0.4) is 0 Å². The zero-order chi connectivity index (χ0) is 12.4. The quantitative estimate of drug-likeness (QED) is 0.903. The minimum atomic E-state index is -0.357. The molecule has 1 aromatic rings. The van der Waals surface area contributed by atoms with Crippen LogP contribution in [0.5, 0.6) is 5.75 Å². The van der Waals surface area contributed by atoms with E-state index in [1.54, 1.807) is 18.2 Å². The summed E-state index contributed by atoms with van der Waals surface area (Å²) in [5, 5.41) is 2.59. The number of hydrogen-bond donors (Lipinski definition) is 1. The highest BCUT2D eigenvalue weighted by atomic mass is 79.9. The molecular weight excluding hydrogens is 288 g/mol. The molecule has 90 valence electrons. The highest BCUT2D eigenvalue weighted by molar-refractivity contribution is 9.10. The maximum Gasteiger partial charge on any atom is 0.324 e. The molecule has 0 aliphatic carbocycles. The predicted molar refractivity (Wildman–Crippen MR) is 65.1 cm³/mol. The van der Waals surface area contributed by atoms with Gasteiger partial charge in [-0.05, 0) is 34.1 Å². The minimum absolute atomic E-state index is 0.328. The molecule has 3 amide bonds. The molecule has 1 fully saturated rings. The molecule has 1 heterocycles. The number of nitrogens with one attached hydrogen (secondary N) is 1. The summed E-state index contributed by atoms with van der Waals surface area (Å²) in [4.78, 5) is 24.7. The summed E-state index contributed by atoms with van der Waals surface area (Å²) in [6.07, 6.45) is 0. The Kier molecular flexibility index (Phi) is 3.33. The smallest absolute Gasteiger partial charge is 0.324 e. The number of rotatable bonds is 2. The van der Waals surface area contributed by atoms with E-state index in [0.717, 1.165) is 0 Å². The van der Waals surface area contributed by atoms with Crippen LogP contribution >= 0.6 is 15.9 Å². The van der Waals surface area contributed by atoms with Crippen LogP contribution in [0.15, 0.2) is 22.7 Å². The normalized spacial score (nSPS) is 14.7. The Morgan fingerprint density at radius 1 is 1.53 bits per heavy atom. The van der Waals surface area contributed by atoms with Gasteiger partial charge < -0.3 is 10.1 Å². The third-order valence-corrected chi connectivity index (χ3v) is 3.20. The molecular formula is C11H11BrN2O3. The fourth-order valence-corrected chi connectivity index (χ4v) is 2.02. The van der Waals surface area contributed by atoms with Gasteiger partial charge in [0.15, 0.2) is 0 Å². The van der Waals surface area contributed by atoms with E-state index in [2.05, 4.69) is 21.2 Å². The molecule has 0 unspecified atom stereocenters. The summed E-state index contributed by atoms with van der Waals surface area (Å²) in [5.41, 5.74) is 0.418. The van der Waals surface area contributed by atoms with Gasteiger partial charge in [0.25, 0.3) is 5.91 Å². The van der Waals surface area contributed by atoms with E-state index in [9.17, 15) is 9.59 Å². The molecule has 1 N–H and O–H groups in total. The summed E-state index contributed by atoms with van der Waals surface area (Å²) in [5.74, 6) is 0.252. The lowest BCUT2D eigenvalue weighted by molar-refractivity contribution is 0.0828. The molecule has 0 aromatic heterocycles. The van der Waals surface area contributed by atoms with Crippen molar-refractivity contribution in [2.75, 3.05) is 20.2 Å². The first-order valence-corrected chi connectivity index (χ1v) is 5.86. The van der Waals surface area contributed by atoms with Crippen LogP contribution in [-0.4, -0.2) is 37.0 Å². The lowest BCUT2D eigenvalue weighted by atomic mass is 10.2. The SMILES string of the molecule is COc1ccc(Br)c(C(=O)N2CCNC2=O)c1. The molecule has 0 atom stereocenters. The van der Waals surface area contributed by atoms with Crippen LogP contribution < -0.4 is 10.1 Å². The number of nitrogens with zero attached hydrogens (tertiary/aromatic N) is 1. The van der Waals surface area contributed by atoms with E-state index >= 15 is 0 Å². The number of methoxy groups -OCH3 is 1. The third-order valence-electron chi connectivity index (χ3n) is 2.51. The topological polar surface area (TPSA) is 58.6 Å². The molecule has 0 bridgehead atoms. The minimum Gasteiger partial charge on any atom is -0.497 e. The van der Waals surface area contributed by atoms with Crippen LogP contribution in [0, 0.1) is 0 Å². The van der Waals surface area contributed by atoms with Crippen molar-refractivity contribution in [1.82, 2.24) is 10.2 Å². The van der Waals surface area contributed by atoms with Gasteiger partial charge in [0.1, 0.15) is 5.75 Å². The number of halogens is 1. The Balaban J connectivity index is 2.32. The first-order chi connectivity index (χ1) is 8.13. The Bertz CT molecular complexity index is 476. The first kappa shape index (κ1) is 11.9. The number of benzene rings is 1. The van der Waals surface area contributed by atoms with E-state index in [-0.39, 0.29) is 11.9 Å². The zero-order valence-corrected chi connectivity index (χ0v) is 10.8. The summed E-state index contributed by atoms with van der Waals surface area (Å²) in [7, 11) is 1.53. The maximum atomic E-state index is 12.1. The summed E-state index contributed by atoms with van der Waals surface area (Å²) < 4.78 is 5.70. The Morgan fingerprint density at radius 2 is 2.29 bits per heavy atom. The molecule has 1 aliphatic rings. The van der Waals surface area contributed by atoms with Gasteiger partial charge in [0.05, 0.1) is 12.7 Å². The average Bonchev–Trinajstić information content (AvgIpc) is 2.75. The number of urea groups is 1. The van der Waals surface area contributed by atoms with Crippen molar-refractivity contribution in [3.05, 3.63) is 28.2 Å². The van der Waals surface area contributed by atoms with Crippen molar-refractivity contribution < 1.29 is 14.3 Å². The van der Waals surface area contributed by atoms with Gasteiger partial charge in [-0.3, -0.25) is 9.69 Å². The van der Waals surface area contributed by atoms with Gasteiger partial charge >= 0.3 is 6.03 Å². The Hall–Kier alpha value is -1.56. The highest BCUT2D eigenvalue weighted by Gasteiger charge is 2.28. The number of imide groups is 1. The van der Waals surface area contributed by atoms with Gasteiger partial charge in [-0.15, -0.1) is 0 Å². The van der Waals surface area contributed by atoms with Gasteiger partial charge in [-0.1, -0.05) is 0 Å². The predicted octanol–water partition coefficient (Wildman–Crippen LogP) is 1.62. The molecule has 0 saturated carbocycles. The van der Waals surface area contributed by atoms with E-state index in [4.69, 9.17) is 4.74 Å². The van der Waals surface area contributed by atoms with Crippen LogP contribution in [0.25, 0.3) is 0 Å². The molecule has 0 radical (unpaired) electrons. The van der Waals surface area contributed by atoms with Crippen molar-refractivity contribution in [2.45, 2.75) is 0 Å². The number of amides is 3. The number of hydrogen-bond acceptors (Lipinski definition) is 3. The van der Waals surface area contributed by atoms with Crippen LogP contribution in [0.2, 0.25) is 0 Å². The van der Waals surface area contributed by atoms with Crippen molar-refractivity contribution in [3.8, 4) is 5.75 Å². The van der Waals surface area contributed by atoms with E-state index in [1.807, 2.05) is 0 Å². The van der Waals surface area contributed by atoms with Crippen molar-refractivity contribution >= 4 is 27.9 Å². The van der Waals surface area contributed by atoms with E-state index < -0.39 is 0 Å². The van der Waals surface area contributed by atoms with Gasteiger partial charge in [0, 0.05) is 17.6 Å². The third kappa shape index (κ3) is 2.26. The number of ether oxygens (including phenoxy) is 1. The Labute approximate surface area is 107 Å². The first-order valence-electron chi connectivity index (χ1n) is 5.06. The zero-order valence-electron chi connectivity index (χ0n) is 9.20. The second-order valence-corrected chi connectivity index (χ2v) is 4.39. The van der Waals surface area contributed by atoms with Crippen molar-refractivity contribution in [2.24, 2.45) is 0 Å². The second kappa shape index (κ2) is 4.75. The fraction of sp³-hybridized carbons (Fsp3) is 0.273. The summed E-state index contributed by atoms with van der Waals surface area (Å²) in [6.45, 7) is 0.882. The highest BCUT2D eigenvalue weighted by Crippen LogP contribution is 2.24. The number of carbonyl (C=O) groups excluding carboxylic acids is 2. The van der Waals surface area contributed by atoms with Gasteiger partial charge in [0.2, 0.25) is 0 Å². The molecule has 6 heteroatoms. The largest absolute Gasteiger partial charge is 0.497 e. The molecule has 1 aromatic carbocycles. The van der Waals surface area contributed by atoms with E-state index in [1.165, 1.54) is 12.0 Å². The summed E-state index contributed by atoms with van der Waals surface area (Å²) in [6, 6.07) is 4.72. The van der Waals surface area contributed by atoms with E-state index in [0.29, 0.717) is 28.9 Å². The van der Waals surface area contributed by atoms with Crippen molar-refractivity contribution in [1.29, 1.82) is 0 Å². The fourth-order valence-electron chi connectivity index (χ4n) is 1.61. The Morgan fingerprint density at radius 3 is 2.88 bits per heavy atom.